The van der Waals surface area contributed by atoms with Gasteiger partial charge in [0.25, 0.3) is 0 Å². The fourth-order valence-electron chi connectivity index (χ4n) is 1.55. The van der Waals surface area contributed by atoms with Crippen LogP contribution in [0.5, 0.6) is 17.2 Å². The maximum absolute atomic E-state index is 11.7. The molecule has 0 aliphatic rings. The molecule has 0 amide bonds. The van der Waals surface area contributed by atoms with E-state index in [9.17, 15) is 10.2 Å². The van der Waals surface area contributed by atoms with Gasteiger partial charge in [0.05, 0.1) is 13.3 Å². The van der Waals surface area contributed by atoms with E-state index in [0.29, 0.717) is 16.9 Å². The van der Waals surface area contributed by atoms with E-state index in [2.05, 4.69) is 10.2 Å². The van der Waals surface area contributed by atoms with E-state index in [4.69, 9.17) is 14.9 Å². The van der Waals surface area contributed by atoms with Crippen molar-refractivity contribution in [3.63, 3.8) is 0 Å². The second-order valence-electron chi connectivity index (χ2n) is 4.42. The van der Waals surface area contributed by atoms with Crippen molar-refractivity contribution in [2.45, 2.75) is 6.92 Å². The zero-order valence-corrected chi connectivity index (χ0v) is 16.6. The van der Waals surface area contributed by atoms with Crippen molar-refractivity contribution in [2.75, 3.05) is 13.7 Å². The van der Waals surface area contributed by atoms with Gasteiger partial charge < -0.3 is 36.1 Å². The van der Waals surface area contributed by atoms with Gasteiger partial charge in [-0.05, 0) is 42.3 Å². The van der Waals surface area contributed by atoms with Crippen molar-refractivity contribution in [2.24, 2.45) is 10.2 Å². The number of aliphatic hydroxyl groups is 1. The number of aliphatic hydroxyl groups excluding tert-OH is 1. The molecule has 0 aromatic heterocycles. The topological polar surface area (TPSA) is 178 Å². The van der Waals surface area contributed by atoms with Crippen LogP contribution in [0.4, 0.5) is 0 Å². The number of benzene rings is 2. The molecule has 0 radical (unpaired) electrons. The van der Waals surface area contributed by atoms with Crippen LogP contribution in [0.25, 0.3) is 0 Å². The number of rotatable bonds is 4. The average molecular weight is 458 g/mol. The monoisotopic (exact) mass is 460 g/mol. The van der Waals surface area contributed by atoms with Crippen LogP contribution in [-0.2, 0) is 32.0 Å². The Balaban J connectivity index is -0.000000900. The average Bonchev–Trinajstić information content (AvgIpc) is 2.57. The van der Waals surface area contributed by atoms with E-state index >= 15 is 0 Å². The molecular formula is C17H18MoN2O7-6. The summed E-state index contributed by atoms with van der Waals surface area (Å²) in [7, 11) is 1.47. The van der Waals surface area contributed by atoms with Crippen LogP contribution in [0.2, 0.25) is 0 Å². The number of aromatic hydroxyl groups is 1. The first-order valence-corrected chi connectivity index (χ1v) is 7.05. The first kappa shape index (κ1) is 29.3. The van der Waals surface area contributed by atoms with Crippen LogP contribution < -0.4 is 14.9 Å². The zero-order chi connectivity index (χ0) is 17.9. The summed E-state index contributed by atoms with van der Waals surface area (Å²) < 4.78 is 4.92. The summed E-state index contributed by atoms with van der Waals surface area (Å²) in [4.78, 5) is 0. The first-order valence-electron chi connectivity index (χ1n) is 7.05. The van der Waals surface area contributed by atoms with E-state index in [1.165, 1.54) is 49.7 Å². The molecular weight excluding hydrogens is 440 g/mol. The zero-order valence-electron chi connectivity index (χ0n) is 14.6. The smallest absolute Gasteiger partial charge is 0.118 e. The maximum Gasteiger partial charge on any atom is 0.118 e. The normalized spacial score (nSPS) is 9.81. The minimum atomic E-state index is -0.563. The Morgan fingerprint density at radius 3 is 2.19 bits per heavy atom. The molecule has 0 atom stereocenters. The molecule has 0 unspecified atom stereocenters. The Kier molecular flexibility index (Phi) is 17.1. The summed E-state index contributed by atoms with van der Waals surface area (Å²) >= 11 is 0. The minimum Gasteiger partial charge on any atom is -2.00 e. The number of phenolic OH excluding ortho intramolecular Hbond substituents is 1. The Bertz CT molecular complexity index is 707. The number of methoxy groups -OCH3 is 1. The summed E-state index contributed by atoms with van der Waals surface area (Å²) in [5.41, 5.74) is 0.597. The molecule has 2 N–H and O–H groups in total. The van der Waals surface area contributed by atoms with E-state index in [1.807, 2.05) is 0 Å². The van der Waals surface area contributed by atoms with Crippen LogP contribution in [0.1, 0.15) is 18.1 Å². The van der Waals surface area contributed by atoms with Crippen molar-refractivity contribution in [1.82, 2.24) is 0 Å². The summed E-state index contributed by atoms with van der Waals surface area (Å²) in [6, 6.07) is 10.1. The van der Waals surface area contributed by atoms with Gasteiger partial charge in [-0.1, -0.05) is 23.9 Å². The van der Waals surface area contributed by atoms with Crippen molar-refractivity contribution < 1.29 is 57.2 Å². The minimum absolute atomic E-state index is 0. The van der Waals surface area contributed by atoms with Gasteiger partial charge in [0.2, 0.25) is 0 Å². The van der Waals surface area contributed by atoms with Crippen LogP contribution in [-0.4, -0.2) is 36.0 Å². The van der Waals surface area contributed by atoms with E-state index in [0.717, 1.165) is 0 Å². The fraction of sp³-hybridized carbons (Fsp3) is 0.176. The summed E-state index contributed by atoms with van der Waals surface area (Å²) in [6.45, 7) is 1.93. The standard InChI is InChI=1S/C15H14N2O4.C2H6O.Mo.2O/c1-21-13-7-4-11(14(19)8-13)9-16-17-15(20)10-2-5-12(18)6-3-10;1-2-3;;;/h2-9,18-19H,1H3,(H,17,20);3H,2H2,1H3;;;/q;;;2*-2/p-2/b16-9+;;;;. The van der Waals surface area contributed by atoms with Gasteiger partial charge in [0.1, 0.15) is 11.5 Å². The van der Waals surface area contributed by atoms with Crippen molar-refractivity contribution in [3.05, 3.63) is 53.6 Å². The molecule has 0 saturated heterocycles. The van der Waals surface area contributed by atoms with Crippen molar-refractivity contribution in [1.29, 1.82) is 0 Å². The molecule has 0 heterocycles. The predicted molar refractivity (Wildman–Crippen MR) is 88.8 cm³/mol. The molecule has 2 aromatic carbocycles. The molecule has 10 heteroatoms. The Hall–Kier alpha value is -2.45. The van der Waals surface area contributed by atoms with Crippen LogP contribution in [0.3, 0.4) is 0 Å². The van der Waals surface area contributed by atoms with Gasteiger partial charge >= 0.3 is 0 Å². The predicted octanol–water partition coefficient (Wildman–Crippen LogP) is 0.374. The summed E-state index contributed by atoms with van der Waals surface area (Å²) in [6.07, 6.45) is 1.21. The fourth-order valence-corrected chi connectivity index (χ4v) is 1.55. The van der Waals surface area contributed by atoms with Gasteiger partial charge in [-0.3, -0.25) is 0 Å². The molecule has 0 aliphatic heterocycles. The molecule has 0 fully saturated rings. The van der Waals surface area contributed by atoms with E-state index in [-0.39, 0.29) is 50.1 Å². The maximum atomic E-state index is 11.7. The van der Waals surface area contributed by atoms with Gasteiger partial charge in [-0.2, -0.15) is 10.2 Å². The summed E-state index contributed by atoms with van der Waals surface area (Å²) in [5.74, 6) is -0.323. The number of hydrogen-bond acceptors (Lipinski definition) is 7. The molecule has 150 valence electrons. The third-order valence-electron chi connectivity index (χ3n) is 2.68. The molecule has 0 saturated carbocycles. The molecule has 0 spiro atoms. The van der Waals surface area contributed by atoms with Crippen LogP contribution in [0, 0.1) is 0 Å². The largest absolute Gasteiger partial charge is 2.00 e. The third-order valence-corrected chi connectivity index (χ3v) is 2.68. The van der Waals surface area contributed by atoms with Crippen molar-refractivity contribution >= 4 is 12.1 Å². The molecule has 27 heavy (non-hydrogen) atoms. The van der Waals surface area contributed by atoms with Gasteiger partial charge in [0.15, 0.2) is 0 Å². The third kappa shape index (κ3) is 10.3. The Morgan fingerprint density at radius 1 is 1.15 bits per heavy atom. The Morgan fingerprint density at radius 2 is 1.70 bits per heavy atom. The molecule has 2 aromatic rings. The number of hydrogen-bond donors (Lipinski definition) is 2. The van der Waals surface area contributed by atoms with Gasteiger partial charge in [-0.15, -0.1) is 0 Å². The van der Waals surface area contributed by atoms with Gasteiger partial charge in [-0.25, -0.2) is 0 Å². The summed E-state index contributed by atoms with van der Waals surface area (Å²) in [5, 5.41) is 47.1. The molecule has 2 rings (SSSR count). The second-order valence-corrected chi connectivity index (χ2v) is 4.42. The quantitative estimate of drug-likeness (QED) is 0.291. The van der Waals surface area contributed by atoms with Crippen LogP contribution >= 0.6 is 0 Å². The number of phenols is 1. The SMILES string of the molecule is CCO.COc1ccc(/C=N/N=C(\[O-])c2ccc(O)cc2)c([O-])c1.[Mo].[O-2].[O-2]. The molecule has 0 bridgehead atoms. The number of ether oxygens (including phenoxy) is 1. The first-order chi connectivity index (χ1) is 11.5. The van der Waals surface area contributed by atoms with Crippen LogP contribution in [0.15, 0.2) is 52.7 Å². The van der Waals surface area contributed by atoms with E-state index < -0.39 is 5.90 Å². The number of nitrogens with zero attached hydrogens (tertiary/aromatic N) is 2. The van der Waals surface area contributed by atoms with Crippen molar-refractivity contribution in [3.8, 4) is 17.2 Å². The van der Waals surface area contributed by atoms with Gasteiger partial charge in [0, 0.05) is 33.6 Å². The van der Waals surface area contributed by atoms with E-state index in [1.54, 1.807) is 13.0 Å². The molecule has 9 nitrogen and oxygen atoms in total. The second kappa shape index (κ2) is 15.8. The molecule has 0 aliphatic carbocycles. The Labute approximate surface area is 171 Å².